The van der Waals surface area contributed by atoms with Gasteiger partial charge in [-0.2, -0.15) is 4.31 Å². The molecule has 3 aromatic rings. The van der Waals surface area contributed by atoms with E-state index in [1.54, 1.807) is 44.1 Å². The number of benzene rings is 1. The highest BCUT2D eigenvalue weighted by Gasteiger charge is 2.44. The van der Waals surface area contributed by atoms with E-state index >= 15 is 0 Å². The first-order valence-corrected chi connectivity index (χ1v) is 16.7. The molecule has 2 aliphatic rings. The van der Waals surface area contributed by atoms with Crippen molar-refractivity contribution in [1.82, 2.24) is 23.7 Å². The Bertz CT molecular complexity index is 1640. The molecule has 5 rings (SSSR count). The number of anilines is 2. The number of aryl methyl sites for hydroxylation is 1. The van der Waals surface area contributed by atoms with Crippen molar-refractivity contribution in [3.05, 3.63) is 61.2 Å². The Morgan fingerprint density at radius 1 is 0.957 bits per heavy atom. The topological polar surface area (TPSA) is 147 Å². The van der Waals surface area contributed by atoms with Gasteiger partial charge in [0.25, 0.3) is 10.0 Å². The van der Waals surface area contributed by atoms with Crippen LogP contribution >= 0.6 is 0 Å². The van der Waals surface area contributed by atoms with Crippen LogP contribution in [0.5, 0.6) is 5.75 Å². The molecule has 0 saturated carbocycles. The highest BCUT2D eigenvalue weighted by molar-refractivity contribution is 7.89. The number of esters is 1. The molecule has 15 heteroatoms. The van der Waals surface area contributed by atoms with E-state index in [0.29, 0.717) is 38.3 Å². The number of nitrogens with zero attached hydrogens (tertiary/aromatic N) is 7. The Balaban J connectivity index is 1.32. The molecule has 0 radical (unpaired) electrons. The second-order valence-electron chi connectivity index (χ2n) is 11.5. The Morgan fingerprint density at radius 3 is 2.28 bits per heavy atom. The van der Waals surface area contributed by atoms with Gasteiger partial charge in [0.15, 0.2) is 5.03 Å². The second-order valence-corrected chi connectivity index (χ2v) is 13.4. The predicted octanol–water partition coefficient (Wildman–Crippen LogP) is 2.66. The predicted molar refractivity (Wildman–Crippen MR) is 169 cm³/mol. The fourth-order valence-corrected chi connectivity index (χ4v) is 7.17. The number of hydrogen-bond donors (Lipinski definition) is 0. The summed E-state index contributed by atoms with van der Waals surface area (Å²) in [5, 5.41) is -0.155. The molecule has 4 heterocycles. The third-order valence-corrected chi connectivity index (χ3v) is 9.69. The summed E-state index contributed by atoms with van der Waals surface area (Å²) in [7, 11) is -2.41. The molecule has 2 saturated heterocycles. The standard InChI is InChI=1S/C31H39N7O7S/c1-22(2)44-30(40)23(3)38(29(39)26-8-7-15-37(26)46(42,43)28-20-34(4)21-33-28)24-10-12-25(13-11-24)45-31(41)36-18-16-35(17-19-36)27-9-5-6-14-32-27/h5-6,9-14,20-23,26H,7-8,15-19H2,1-4H3/t23-,26-/m0/s1. The summed E-state index contributed by atoms with van der Waals surface area (Å²) in [4.78, 5) is 53.5. The van der Waals surface area contributed by atoms with Crippen LogP contribution in [0.15, 0.2) is 66.2 Å². The van der Waals surface area contributed by atoms with Gasteiger partial charge in [-0.25, -0.2) is 28.0 Å². The minimum absolute atomic E-state index is 0.138. The minimum atomic E-state index is -4.07. The molecule has 2 aliphatic heterocycles. The van der Waals surface area contributed by atoms with E-state index in [4.69, 9.17) is 9.47 Å². The Kier molecular flexibility index (Phi) is 9.91. The molecule has 246 valence electrons. The van der Waals surface area contributed by atoms with Gasteiger partial charge in [0.1, 0.15) is 23.7 Å². The van der Waals surface area contributed by atoms with Crippen molar-refractivity contribution >= 4 is 39.5 Å². The third kappa shape index (κ3) is 7.15. The first-order chi connectivity index (χ1) is 22.0. The van der Waals surface area contributed by atoms with E-state index in [0.717, 1.165) is 10.1 Å². The van der Waals surface area contributed by atoms with Gasteiger partial charge >= 0.3 is 12.1 Å². The number of amides is 2. The number of aromatic nitrogens is 3. The van der Waals surface area contributed by atoms with Gasteiger partial charge in [-0.15, -0.1) is 0 Å². The van der Waals surface area contributed by atoms with Crippen LogP contribution < -0.4 is 14.5 Å². The Morgan fingerprint density at radius 2 is 1.67 bits per heavy atom. The molecule has 14 nitrogen and oxygen atoms in total. The van der Waals surface area contributed by atoms with E-state index in [-0.39, 0.29) is 23.7 Å². The summed E-state index contributed by atoms with van der Waals surface area (Å²) >= 11 is 0. The lowest BCUT2D eigenvalue weighted by molar-refractivity contribution is -0.149. The molecule has 2 atom stereocenters. The molecule has 2 amide bonds. The number of ether oxygens (including phenoxy) is 2. The normalized spacial score (nSPS) is 18.0. The van der Waals surface area contributed by atoms with Crippen LogP contribution in [-0.4, -0.2) is 101 Å². The number of carbonyl (C=O) groups excluding carboxylic acids is 3. The smallest absolute Gasteiger partial charge is 0.415 e. The average Bonchev–Trinajstić information content (AvgIpc) is 3.73. The van der Waals surface area contributed by atoms with Gasteiger partial charge in [-0.3, -0.25) is 9.69 Å². The summed E-state index contributed by atoms with van der Waals surface area (Å²) in [6.07, 6.45) is 4.31. The van der Waals surface area contributed by atoms with Crippen molar-refractivity contribution in [3.8, 4) is 5.75 Å². The lowest BCUT2D eigenvalue weighted by atomic mass is 10.1. The maximum Gasteiger partial charge on any atom is 0.415 e. The Hall–Kier alpha value is -4.50. The lowest BCUT2D eigenvalue weighted by Gasteiger charge is -2.34. The van der Waals surface area contributed by atoms with Crippen molar-refractivity contribution in [2.24, 2.45) is 7.05 Å². The zero-order chi connectivity index (χ0) is 33.0. The van der Waals surface area contributed by atoms with Gasteiger partial charge in [-0.1, -0.05) is 6.07 Å². The van der Waals surface area contributed by atoms with E-state index in [1.165, 1.54) is 41.0 Å². The molecule has 2 aromatic heterocycles. The number of pyridine rings is 1. The quantitative estimate of drug-likeness (QED) is 0.316. The molecule has 0 bridgehead atoms. The van der Waals surface area contributed by atoms with Crippen molar-refractivity contribution in [1.29, 1.82) is 0 Å². The van der Waals surface area contributed by atoms with Gasteiger partial charge in [0, 0.05) is 57.9 Å². The van der Waals surface area contributed by atoms with Crippen LogP contribution in [-0.2, 0) is 31.4 Å². The van der Waals surface area contributed by atoms with Crippen molar-refractivity contribution < 1.29 is 32.3 Å². The van der Waals surface area contributed by atoms with Gasteiger partial charge in [-0.05, 0) is 70.0 Å². The van der Waals surface area contributed by atoms with Gasteiger partial charge < -0.3 is 23.8 Å². The fraction of sp³-hybridized carbons (Fsp3) is 0.452. The van der Waals surface area contributed by atoms with Crippen LogP contribution in [0.25, 0.3) is 0 Å². The van der Waals surface area contributed by atoms with E-state index in [1.807, 2.05) is 18.2 Å². The van der Waals surface area contributed by atoms with Crippen molar-refractivity contribution in [3.63, 3.8) is 0 Å². The second kappa shape index (κ2) is 13.9. The van der Waals surface area contributed by atoms with E-state index in [2.05, 4.69) is 14.9 Å². The van der Waals surface area contributed by atoms with Crippen molar-refractivity contribution in [2.45, 2.75) is 56.8 Å². The van der Waals surface area contributed by atoms with Crippen LogP contribution in [0.3, 0.4) is 0 Å². The van der Waals surface area contributed by atoms with Gasteiger partial charge in [0.2, 0.25) is 5.91 Å². The molecular formula is C31H39N7O7S. The largest absolute Gasteiger partial charge is 0.461 e. The zero-order valence-corrected chi connectivity index (χ0v) is 27.2. The summed E-state index contributed by atoms with van der Waals surface area (Å²) in [6, 6.07) is 9.77. The Labute approximate surface area is 268 Å². The van der Waals surface area contributed by atoms with E-state index < -0.39 is 46.2 Å². The summed E-state index contributed by atoms with van der Waals surface area (Å²) < 4.78 is 40.6. The number of piperazine rings is 1. The minimum Gasteiger partial charge on any atom is -0.461 e. The highest BCUT2D eigenvalue weighted by Crippen LogP contribution is 2.30. The number of carbonyl (C=O) groups is 3. The van der Waals surface area contributed by atoms with E-state index in [9.17, 15) is 22.8 Å². The first kappa shape index (κ1) is 32.9. The number of rotatable bonds is 9. The van der Waals surface area contributed by atoms with Crippen LogP contribution in [0.1, 0.15) is 33.6 Å². The molecule has 0 aliphatic carbocycles. The molecule has 0 spiro atoms. The SMILES string of the molecule is CC(C)OC(=O)[C@H](C)N(C(=O)[C@@H]1CCCN1S(=O)(=O)c1cn(C)cn1)c1ccc(OC(=O)N2CCN(c3ccccn3)CC2)cc1. The zero-order valence-electron chi connectivity index (χ0n) is 26.4. The molecule has 2 fully saturated rings. The van der Waals surface area contributed by atoms with Gasteiger partial charge in [0.05, 0.1) is 12.4 Å². The van der Waals surface area contributed by atoms with Crippen LogP contribution in [0.2, 0.25) is 0 Å². The molecule has 0 N–H and O–H groups in total. The average molecular weight is 654 g/mol. The summed E-state index contributed by atoms with van der Waals surface area (Å²) in [6.45, 7) is 7.23. The monoisotopic (exact) mass is 653 g/mol. The molecule has 1 aromatic carbocycles. The van der Waals surface area contributed by atoms with Crippen LogP contribution in [0, 0.1) is 0 Å². The first-order valence-electron chi connectivity index (χ1n) is 15.2. The molecular weight excluding hydrogens is 614 g/mol. The summed E-state index contributed by atoms with van der Waals surface area (Å²) in [5.41, 5.74) is 0.323. The highest BCUT2D eigenvalue weighted by atomic mass is 32.2. The van der Waals surface area contributed by atoms with Crippen LogP contribution in [0.4, 0.5) is 16.3 Å². The van der Waals surface area contributed by atoms with Crippen molar-refractivity contribution in [2.75, 3.05) is 42.5 Å². The third-order valence-electron chi connectivity index (χ3n) is 7.89. The number of imidazole rings is 1. The lowest BCUT2D eigenvalue weighted by Crippen LogP contribution is -2.53. The molecule has 46 heavy (non-hydrogen) atoms. The number of sulfonamides is 1. The fourth-order valence-electron chi connectivity index (χ4n) is 5.55. The maximum atomic E-state index is 14.2. The summed E-state index contributed by atoms with van der Waals surface area (Å²) in [5.74, 6) is -0.0979. The maximum absolute atomic E-state index is 14.2. The number of hydrogen-bond acceptors (Lipinski definition) is 10. The molecule has 0 unspecified atom stereocenters.